The fraction of sp³-hybridized carbons (Fsp3) is 0.423. The number of unbranched alkanes of at least 4 members (excludes halogenated alkanes) is 1. The van der Waals surface area contributed by atoms with Crippen molar-refractivity contribution in [1.82, 2.24) is 24.5 Å². The van der Waals surface area contributed by atoms with Gasteiger partial charge in [0.05, 0.1) is 20.4 Å². The summed E-state index contributed by atoms with van der Waals surface area (Å²) in [5, 5.41) is 2.07. The summed E-state index contributed by atoms with van der Waals surface area (Å²) >= 11 is 5.41. The Labute approximate surface area is 220 Å². The molecule has 0 aliphatic carbocycles. The molecule has 0 fully saturated rings. The molecule has 196 valence electrons. The molecule has 3 aromatic heterocycles. The van der Waals surface area contributed by atoms with E-state index in [1.54, 1.807) is 0 Å². The van der Waals surface area contributed by atoms with Crippen LogP contribution in [0.4, 0.5) is 0 Å². The Morgan fingerprint density at radius 2 is 2.05 bits per heavy atom. The van der Waals surface area contributed by atoms with Crippen LogP contribution in [-0.4, -0.2) is 68.2 Å². The van der Waals surface area contributed by atoms with Crippen molar-refractivity contribution in [1.29, 1.82) is 0 Å². The lowest BCUT2D eigenvalue weighted by molar-refractivity contribution is -0.914. The summed E-state index contributed by atoms with van der Waals surface area (Å²) in [7, 11) is 4.01. The van der Waals surface area contributed by atoms with Gasteiger partial charge >= 0.3 is 0 Å². The van der Waals surface area contributed by atoms with Crippen LogP contribution in [0.1, 0.15) is 38.4 Å². The van der Waals surface area contributed by atoms with Crippen molar-refractivity contribution in [2.24, 2.45) is 5.73 Å². The van der Waals surface area contributed by atoms with Crippen molar-refractivity contribution < 1.29 is 14.0 Å². The number of hydrogen-bond donors (Lipinski definition) is 3. The molecular weight excluding hydrogens is 490 g/mol. The molecule has 0 aliphatic rings. The molecule has 11 heteroatoms. The van der Waals surface area contributed by atoms with E-state index >= 15 is 0 Å². The van der Waals surface area contributed by atoms with Crippen LogP contribution in [0.2, 0.25) is 0 Å². The third-order valence-electron chi connectivity index (χ3n) is 7.09. The van der Waals surface area contributed by atoms with Gasteiger partial charge in [0, 0.05) is 11.1 Å². The number of pyridine rings is 1. The molecule has 1 aromatic carbocycles. The number of fused-ring (bicyclic) bond motifs is 2. The molecular formula is C26H34N7O3S+. The van der Waals surface area contributed by atoms with E-state index in [9.17, 15) is 9.59 Å². The van der Waals surface area contributed by atoms with Crippen LogP contribution in [-0.2, 0) is 11.2 Å². The first-order valence-electron chi connectivity index (χ1n) is 12.5. The third-order valence-corrected chi connectivity index (χ3v) is 7.39. The van der Waals surface area contributed by atoms with E-state index in [-0.39, 0.29) is 16.3 Å². The molecule has 4 rings (SSSR count). The molecule has 0 bridgehead atoms. The fourth-order valence-corrected chi connectivity index (χ4v) is 4.86. The fourth-order valence-electron chi connectivity index (χ4n) is 4.57. The minimum absolute atomic E-state index is 0.0936. The van der Waals surface area contributed by atoms with E-state index < -0.39 is 17.5 Å². The van der Waals surface area contributed by atoms with Crippen molar-refractivity contribution in [3.8, 4) is 5.88 Å². The largest absolute Gasteiger partial charge is 0.471 e. The monoisotopic (exact) mass is 524 g/mol. The number of nitrogens with one attached hydrogen (secondary N) is 2. The van der Waals surface area contributed by atoms with Gasteiger partial charge in [0.25, 0.3) is 5.56 Å². The average molecular weight is 525 g/mol. The summed E-state index contributed by atoms with van der Waals surface area (Å²) in [6, 6.07) is 9.04. The average Bonchev–Trinajstić information content (AvgIpc) is 3.35. The minimum Gasteiger partial charge on any atom is -0.471 e. The predicted octanol–water partition coefficient (Wildman–Crippen LogP) is 3.24. The van der Waals surface area contributed by atoms with Crippen molar-refractivity contribution in [3.05, 3.63) is 57.5 Å². The summed E-state index contributed by atoms with van der Waals surface area (Å²) in [5.41, 5.74) is 7.03. The Morgan fingerprint density at radius 3 is 2.78 bits per heavy atom. The maximum absolute atomic E-state index is 12.7. The van der Waals surface area contributed by atoms with E-state index in [1.165, 1.54) is 10.9 Å². The number of aromatic amines is 2. The molecule has 0 aliphatic heterocycles. The lowest BCUT2D eigenvalue weighted by atomic mass is 10.1. The number of aryl methyl sites for hydroxylation is 1. The van der Waals surface area contributed by atoms with Crippen molar-refractivity contribution >= 4 is 40.1 Å². The molecule has 4 N–H and O–H groups in total. The van der Waals surface area contributed by atoms with E-state index in [4.69, 9.17) is 27.7 Å². The second kappa shape index (κ2) is 10.8. The van der Waals surface area contributed by atoms with Crippen LogP contribution in [0.5, 0.6) is 5.88 Å². The Kier molecular flexibility index (Phi) is 7.74. The topological polar surface area (TPSA) is 132 Å². The first-order valence-corrected chi connectivity index (χ1v) is 12.9. The molecule has 0 saturated heterocycles. The molecule has 0 radical (unpaired) electrons. The Bertz CT molecular complexity index is 1540. The maximum atomic E-state index is 12.7. The first kappa shape index (κ1) is 26.5. The molecule has 1 amide bonds. The van der Waals surface area contributed by atoms with Gasteiger partial charge < -0.3 is 19.9 Å². The van der Waals surface area contributed by atoms with E-state index in [2.05, 4.69) is 34.0 Å². The van der Waals surface area contributed by atoms with Crippen LogP contribution in [0, 0.1) is 4.77 Å². The minimum atomic E-state index is -0.846. The highest BCUT2D eigenvalue weighted by atomic mass is 32.1. The van der Waals surface area contributed by atoms with Crippen LogP contribution < -0.4 is 16.0 Å². The number of benzene rings is 1. The van der Waals surface area contributed by atoms with Crippen LogP contribution in [0.15, 0.2) is 41.5 Å². The number of hydrogen-bond acceptors (Lipinski definition) is 6. The quantitative estimate of drug-likeness (QED) is 0.204. The van der Waals surface area contributed by atoms with Crippen molar-refractivity contribution in [2.45, 2.75) is 45.2 Å². The second-order valence-electron chi connectivity index (χ2n) is 9.91. The number of rotatable bonds is 11. The summed E-state index contributed by atoms with van der Waals surface area (Å²) in [4.78, 5) is 39.5. The predicted molar refractivity (Wildman–Crippen MR) is 146 cm³/mol. The number of primary amides is 1. The Morgan fingerprint density at radius 1 is 1.30 bits per heavy atom. The van der Waals surface area contributed by atoms with Gasteiger partial charge in [-0.15, -0.1) is 0 Å². The zero-order valence-electron chi connectivity index (χ0n) is 21.7. The van der Waals surface area contributed by atoms with Gasteiger partial charge in [0.15, 0.2) is 16.5 Å². The molecule has 0 spiro atoms. The van der Waals surface area contributed by atoms with Crippen LogP contribution in [0.25, 0.3) is 21.9 Å². The zero-order chi connectivity index (χ0) is 26.7. The highest BCUT2D eigenvalue weighted by molar-refractivity contribution is 7.71. The smallest absolute Gasteiger partial charge is 0.277 e. The van der Waals surface area contributed by atoms with Crippen LogP contribution >= 0.6 is 12.2 Å². The molecule has 2 unspecified atom stereocenters. The molecule has 3 heterocycles. The van der Waals surface area contributed by atoms with Gasteiger partial charge in [-0.25, -0.2) is 9.97 Å². The zero-order valence-corrected chi connectivity index (χ0v) is 22.5. The van der Waals surface area contributed by atoms with Gasteiger partial charge in [-0.3, -0.25) is 19.1 Å². The van der Waals surface area contributed by atoms with E-state index in [0.29, 0.717) is 29.2 Å². The van der Waals surface area contributed by atoms with Gasteiger partial charge in [0.1, 0.15) is 24.7 Å². The van der Waals surface area contributed by atoms with Crippen molar-refractivity contribution in [3.63, 3.8) is 0 Å². The number of aromatic nitrogens is 5. The van der Waals surface area contributed by atoms with Crippen molar-refractivity contribution in [2.75, 3.05) is 27.2 Å². The number of quaternary nitrogens is 1. The normalized spacial score (nSPS) is 13.6. The summed E-state index contributed by atoms with van der Waals surface area (Å²) < 4.78 is 8.25. The van der Waals surface area contributed by atoms with Gasteiger partial charge in [0.2, 0.25) is 11.8 Å². The summed E-state index contributed by atoms with van der Waals surface area (Å²) in [6.07, 6.45) is 4.46. The Balaban J connectivity index is 1.58. The number of nitrogens with zero attached hydrogens (tertiary/aromatic N) is 4. The molecule has 0 saturated carbocycles. The number of H-pyrrole nitrogens is 2. The number of ether oxygens (including phenoxy) is 1. The number of carbonyl (C=O) groups excluding carboxylic acids is 1. The van der Waals surface area contributed by atoms with E-state index in [0.717, 1.165) is 35.7 Å². The highest BCUT2D eigenvalue weighted by Gasteiger charge is 2.38. The van der Waals surface area contributed by atoms with Crippen LogP contribution in [0.3, 0.4) is 0 Å². The third kappa shape index (κ3) is 5.42. The first-order chi connectivity index (χ1) is 17.6. The second-order valence-corrected chi connectivity index (χ2v) is 10.3. The lowest BCUT2D eigenvalue weighted by Crippen LogP contribution is -2.56. The van der Waals surface area contributed by atoms with Gasteiger partial charge in [-0.05, 0) is 49.5 Å². The summed E-state index contributed by atoms with van der Waals surface area (Å²) in [5.74, 6) is 0.0488. The standard InChI is InChI=1S/C26H33N7O3S/c1-5-6-10-18-14-17-9-7-8-11-19(17)25(30-18)36-13-12-33(3,4)16(2)21(22(27)34)32-23-20(28-15-29-23)24(35)31-26(32)37/h7-9,11,14-16,21H,5-6,10,12-13H2,1-4H3,(H3-,27,28,29,31,34,35,37)/p+1. The SMILES string of the molecule is CCCCc1cc2ccccc2c(OCC[N+](C)(C)C(C)C(C(N)=O)n2c(=S)[nH]c(=O)c3[nH]cnc32)n1. The highest BCUT2D eigenvalue weighted by Crippen LogP contribution is 2.27. The lowest BCUT2D eigenvalue weighted by Gasteiger charge is -2.39. The maximum Gasteiger partial charge on any atom is 0.277 e. The number of likely N-dealkylation sites (N-methyl/N-ethyl adjacent to an activating group) is 1. The molecule has 4 aromatic rings. The summed E-state index contributed by atoms with van der Waals surface area (Å²) in [6.45, 7) is 5.04. The Hall–Kier alpha value is -3.57. The number of carbonyl (C=O) groups is 1. The van der Waals surface area contributed by atoms with Gasteiger partial charge in [-0.2, -0.15) is 0 Å². The number of amides is 1. The van der Waals surface area contributed by atoms with Gasteiger partial charge in [-0.1, -0.05) is 31.5 Å². The molecule has 2 atom stereocenters. The van der Waals surface area contributed by atoms with E-state index in [1.807, 2.05) is 39.2 Å². The number of imidazole rings is 1. The number of nitrogens with two attached hydrogens (primary N) is 1. The molecule has 37 heavy (non-hydrogen) atoms. The molecule has 10 nitrogen and oxygen atoms in total.